The maximum absolute atomic E-state index is 10.4. The van der Waals surface area contributed by atoms with Gasteiger partial charge in [-0.05, 0) is 17.9 Å². The van der Waals surface area contributed by atoms with Gasteiger partial charge in [0.15, 0.2) is 0 Å². The second kappa shape index (κ2) is 4.57. The van der Waals surface area contributed by atoms with Gasteiger partial charge in [0.05, 0.1) is 0 Å². The Morgan fingerprint density at radius 1 is 1.73 bits per heavy atom. The lowest BCUT2D eigenvalue weighted by molar-refractivity contribution is -0.138. The molecule has 0 aromatic carbocycles. The van der Waals surface area contributed by atoms with Crippen LogP contribution in [0.2, 0.25) is 0 Å². The largest absolute Gasteiger partial charge is 0.481 e. The first-order valence-corrected chi connectivity index (χ1v) is 3.35. The summed E-state index contributed by atoms with van der Waals surface area (Å²) in [4.78, 5) is 12.8. The van der Waals surface area contributed by atoms with E-state index in [0.29, 0.717) is 6.42 Å². The van der Waals surface area contributed by atoms with E-state index in [2.05, 4.69) is 10.0 Å². The first-order valence-electron chi connectivity index (χ1n) is 3.35. The topological polar surface area (TPSA) is 86.1 Å². The van der Waals surface area contributed by atoms with E-state index in [4.69, 9.17) is 10.6 Å². The zero-order chi connectivity index (χ0) is 8.85. The molecule has 0 spiro atoms. The molecule has 0 aromatic heterocycles. The molecule has 1 N–H and O–H groups in total. The first-order chi connectivity index (χ1) is 5.07. The molecular formula is C6H11N3O2. The van der Waals surface area contributed by atoms with E-state index in [1.807, 2.05) is 13.8 Å². The number of aliphatic carboxylic acids is 1. The van der Waals surface area contributed by atoms with Crippen LogP contribution in [0.4, 0.5) is 0 Å². The minimum absolute atomic E-state index is 0.224. The molecular weight excluding hydrogens is 146 g/mol. The van der Waals surface area contributed by atoms with Gasteiger partial charge in [-0.15, -0.1) is 0 Å². The molecule has 0 saturated heterocycles. The quantitative estimate of drug-likeness (QED) is 0.383. The van der Waals surface area contributed by atoms with Crippen LogP contribution in [0, 0.1) is 5.92 Å². The molecule has 0 rings (SSSR count). The fraction of sp³-hybridized carbons (Fsp3) is 0.833. The van der Waals surface area contributed by atoms with E-state index in [-0.39, 0.29) is 5.92 Å². The summed E-state index contributed by atoms with van der Waals surface area (Å²) in [5, 5.41) is 11.6. The molecule has 0 radical (unpaired) electrons. The molecule has 0 aliphatic carbocycles. The highest BCUT2D eigenvalue weighted by atomic mass is 16.4. The lowest BCUT2D eigenvalue weighted by atomic mass is 10.1. The number of carboxylic acid groups (broad SMARTS) is 1. The maximum atomic E-state index is 10.4. The fourth-order valence-electron chi connectivity index (χ4n) is 0.706. The fourth-order valence-corrected chi connectivity index (χ4v) is 0.706. The number of rotatable bonds is 4. The molecule has 5 heteroatoms. The van der Waals surface area contributed by atoms with Crippen LogP contribution in [0.5, 0.6) is 0 Å². The smallest absolute Gasteiger partial charge is 0.312 e. The van der Waals surface area contributed by atoms with Gasteiger partial charge in [-0.2, -0.15) is 0 Å². The summed E-state index contributed by atoms with van der Waals surface area (Å²) in [5.74, 6) is -0.835. The molecule has 0 amide bonds. The molecule has 0 aliphatic rings. The molecule has 0 fully saturated rings. The van der Waals surface area contributed by atoms with Crippen LogP contribution in [0.25, 0.3) is 10.4 Å². The first kappa shape index (κ1) is 9.78. The van der Waals surface area contributed by atoms with Crippen molar-refractivity contribution in [1.29, 1.82) is 0 Å². The van der Waals surface area contributed by atoms with Gasteiger partial charge in [0.2, 0.25) is 0 Å². The Morgan fingerprint density at radius 3 is 2.55 bits per heavy atom. The average Bonchev–Trinajstić information content (AvgIpc) is 1.86. The number of azide groups is 1. The Kier molecular flexibility index (Phi) is 4.07. The predicted octanol–water partition coefficient (Wildman–Crippen LogP) is 1.80. The van der Waals surface area contributed by atoms with Crippen LogP contribution in [0.1, 0.15) is 20.3 Å². The summed E-state index contributed by atoms with van der Waals surface area (Å²) < 4.78 is 0. The van der Waals surface area contributed by atoms with Crippen molar-refractivity contribution in [1.82, 2.24) is 0 Å². The van der Waals surface area contributed by atoms with E-state index in [1.54, 1.807) is 0 Å². The predicted molar refractivity (Wildman–Crippen MR) is 40.0 cm³/mol. The summed E-state index contributed by atoms with van der Waals surface area (Å²) in [6.45, 7) is 3.76. The summed E-state index contributed by atoms with van der Waals surface area (Å²) in [6, 6.07) is -0.917. The third-order valence-electron chi connectivity index (χ3n) is 1.17. The SMILES string of the molecule is CC(C)C[C@H](N=[N+]=[N-])C(=O)O. The second-order valence-corrected chi connectivity index (χ2v) is 2.69. The highest BCUT2D eigenvalue weighted by Gasteiger charge is 2.16. The summed E-state index contributed by atoms with van der Waals surface area (Å²) >= 11 is 0. The minimum atomic E-state index is -1.06. The molecule has 5 nitrogen and oxygen atoms in total. The second-order valence-electron chi connectivity index (χ2n) is 2.69. The van der Waals surface area contributed by atoms with Gasteiger partial charge in [0.25, 0.3) is 0 Å². The van der Waals surface area contributed by atoms with E-state index in [0.717, 1.165) is 0 Å². The van der Waals surface area contributed by atoms with Crippen LogP contribution < -0.4 is 0 Å². The molecule has 1 atom stereocenters. The number of nitrogens with zero attached hydrogens (tertiary/aromatic N) is 3. The highest BCUT2D eigenvalue weighted by molar-refractivity contribution is 5.73. The summed E-state index contributed by atoms with van der Waals surface area (Å²) in [5.41, 5.74) is 7.99. The minimum Gasteiger partial charge on any atom is -0.481 e. The lowest BCUT2D eigenvalue weighted by Crippen LogP contribution is -2.18. The molecule has 0 aromatic rings. The lowest BCUT2D eigenvalue weighted by Gasteiger charge is -2.07. The molecule has 62 valence electrons. The van der Waals surface area contributed by atoms with Crippen molar-refractivity contribution in [2.75, 3.05) is 0 Å². The van der Waals surface area contributed by atoms with Crippen molar-refractivity contribution >= 4 is 5.97 Å². The van der Waals surface area contributed by atoms with Gasteiger partial charge in [-0.3, -0.25) is 4.79 Å². The number of carboxylic acids is 1. The van der Waals surface area contributed by atoms with Gasteiger partial charge in [-0.25, -0.2) is 0 Å². The Bertz CT molecular complexity index is 182. The number of hydrogen-bond acceptors (Lipinski definition) is 2. The third-order valence-corrected chi connectivity index (χ3v) is 1.17. The molecule has 0 aliphatic heterocycles. The van der Waals surface area contributed by atoms with Gasteiger partial charge in [-0.1, -0.05) is 19.0 Å². The van der Waals surface area contributed by atoms with E-state index >= 15 is 0 Å². The Morgan fingerprint density at radius 2 is 2.27 bits per heavy atom. The van der Waals surface area contributed by atoms with Crippen LogP contribution in [-0.2, 0) is 4.79 Å². The number of hydrogen-bond donors (Lipinski definition) is 1. The molecule has 0 unspecified atom stereocenters. The van der Waals surface area contributed by atoms with Crippen molar-refractivity contribution in [3.05, 3.63) is 10.4 Å². The van der Waals surface area contributed by atoms with Crippen LogP contribution >= 0.6 is 0 Å². The molecule has 11 heavy (non-hydrogen) atoms. The number of carbonyl (C=O) groups is 1. The van der Waals surface area contributed by atoms with E-state index in [9.17, 15) is 4.79 Å². The Hall–Kier alpha value is -1.22. The van der Waals surface area contributed by atoms with Gasteiger partial charge in [0, 0.05) is 4.91 Å². The van der Waals surface area contributed by atoms with Gasteiger partial charge in [0.1, 0.15) is 6.04 Å². The monoisotopic (exact) mass is 157 g/mol. The van der Waals surface area contributed by atoms with Gasteiger partial charge >= 0.3 is 5.97 Å². The van der Waals surface area contributed by atoms with Crippen molar-refractivity contribution in [3.63, 3.8) is 0 Å². The Balaban J connectivity index is 4.11. The zero-order valence-electron chi connectivity index (χ0n) is 6.56. The summed E-state index contributed by atoms with van der Waals surface area (Å²) in [7, 11) is 0. The van der Waals surface area contributed by atoms with Crippen molar-refractivity contribution in [2.24, 2.45) is 11.0 Å². The highest BCUT2D eigenvalue weighted by Crippen LogP contribution is 2.08. The summed E-state index contributed by atoms with van der Waals surface area (Å²) in [6.07, 6.45) is 0.388. The van der Waals surface area contributed by atoms with Crippen LogP contribution in [0.15, 0.2) is 5.11 Å². The van der Waals surface area contributed by atoms with E-state index in [1.165, 1.54) is 0 Å². The third kappa shape index (κ3) is 4.22. The zero-order valence-corrected chi connectivity index (χ0v) is 6.56. The molecule has 0 bridgehead atoms. The normalized spacial score (nSPS) is 12.3. The average molecular weight is 157 g/mol. The van der Waals surface area contributed by atoms with E-state index < -0.39 is 12.0 Å². The van der Waals surface area contributed by atoms with Gasteiger partial charge < -0.3 is 5.11 Å². The maximum Gasteiger partial charge on any atom is 0.312 e. The van der Waals surface area contributed by atoms with Crippen LogP contribution in [-0.4, -0.2) is 17.1 Å². The molecule has 0 heterocycles. The van der Waals surface area contributed by atoms with Crippen molar-refractivity contribution < 1.29 is 9.90 Å². The molecule has 0 saturated carbocycles. The van der Waals surface area contributed by atoms with Crippen LogP contribution in [0.3, 0.4) is 0 Å². The van der Waals surface area contributed by atoms with Crippen molar-refractivity contribution in [2.45, 2.75) is 26.3 Å². The standard InChI is InChI=1S/C6H11N3O2/c1-4(2)3-5(6(10)11)8-9-7/h4-5H,3H2,1-2H3,(H,10,11)/t5-/m0/s1. The Labute approximate surface area is 64.7 Å². The van der Waals surface area contributed by atoms with Crippen molar-refractivity contribution in [3.8, 4) is 0 Å².